The Morgan fingerprint density at radius 2 is 0.647 bits per heavy atom. The number of fused-ring (bicyclic) bond motifs is 6. The number of hydrogen-bond donors (Lipinski definition) is 0. The molecule has 0 N–H and O–H groups in total. The van der Waals surface area contributed by atoms with Gasteiger partial charge in [0.15, 0.2) is 0 Å². The number of para-hydroxylation sites is 3. The molecule has 15 rings (SSSR count). The van der Waals surface area contributed by atoms with E-state index in [9.17, 15) is 0 Å². The lowest BCUT2D eigenvalue weighted by Gasteiger charge is -2.44. The summed E-state index contributed by atoms with van der Waals surface area (Å²) in [7, 11) is 0. The first-order valence-electron chi connectivity index (χ1n) is 29.8. The van der Waals surface area contributed by atoms with Gasteiger partial charge in [-0.05, 0) is 194 Å². The van der Waals surface area contributed by atoms with Crippen LogP contribution in [0, 0.1) is 5.41 Å². The molecule has 7 heteroatoms. The van der Waals surface area contributed by atoms with Crippen molar-refractivity contribution in [2.24, 2.45) is 5.41 Å². The van der Waals surface area contributed by atoms with Crippen LogP contribution in [0.15, 0.2) is 265 Å². The molecule has 0 unspecified atom stereocenters. The Bertz CT molecular complexity index is 4440. The first-order chi connectivity index (χ1) is 41.0. The van der Waals surface area contributed by atoms with Crippen molar-refractivity contribution >= 4 is 130 Å². The molecule has 85 heavy (non-hydrogen) atoms. The van der Waals surface area contributed by atoms with E-state index in [1.54, 1.807) is 0 Å². The topological polar surface area (TPSA) is 13.0 Å². The van der Waals surface area contributed by atoms with Crippen LogP contribution in [0.4, 0.5) is 62.6 Å². The van der Waals surface area contributed by atoms with Gasteiger partial charge >= 0.3 is 0 Å². The molecule has 4 aliphatic rings. The number of anilines is 11. The molecule has 4 nitrogen and oxygen atoms in total. The Labute approximate surface area is 513 Å². The second-order valence-corrected chi connectivity index (χ2v) is 29.4. The van der Waals surface area contributed by atoms with Gasteiger partial charge in [0, 0.05) is 80.6 Å². The number of allylic oxidation sites excluding steroid dienone is 4. The van der Waals surface area contributed by atoms with Gasteiger partial charge in [-0.25, -0.2) is 0 Å². The molecule has 3 aliphatic heterocycles. The molecular weight excluding hydrogens is 1090 g/mol. The van der Waals surface area contributed by atoms with Crippen LogP contribution in [0.5, 0.6) is 0 Å². The Balaban J connectivity index is 0.932. The highest BCUT2D eigenvalue weighted by Crippen LogP contribution is 2.69. The third-order valence-electron chi connectivity index (χ3n) is 17.5. The molecule has 0 radical (unpaired) electrons. The number of benzene rings is 11. The van der Waals surface area contributed by atoms with Crippen LogP contribution in [-0.2, 0) is 10.8 Å². The van der Waals surface area contributed by atoms with Gasteiger partial charge in [0.25, 0.3) is 0 Å². The van der Waals surface area contributed by atoms with E-state index in [0.29, 0.717) is 0 Å². The highest BCUT2D eigenvalue weighted by Gasteiger charge is 2.42. The third kappa shape index (κ3) is 9.33. The van der Waals surface area contributed by atoms with Crippen molar-refractivity contribution in [3.8, 4) is 0 Å². The third-order valence-corrected chi connectivity index (χ3v) is 21.0. The quantitative estimate of drug-likeness (QED) is 0.141. The molecule has 418 valence electrons. The van der Waals surface area contributed by atoms with E-state index in [1.807, 2.05) is 35.3 Å². The molecule has 11 aromatic rings. The second kappa shape index (κ2) is 20.3. The molecule has 0 fully saturated rings. The fraction of sp³-hybridized carbons (Fsp3) is 0.179. The van der Waals surface area contributed by atoms with Crippen LogP contribution in [0.1, 0.15) is 86.3 Å². The molecule has 1 aliphatic carbocycles. The van der Waals surface area contributed by atoms with Crippen molar-refractivity contribution in [2.45, 2.75) is 115 Å². The summed E-state index contributed by atoms with van der Waals surface area (Å²) in [5, 5.41) is 7.48. The smallest absolute Gasteiger partial charge is 0.0749 e. The maximum atomic E-state index is 2.68. The zero-order valence-electron chi connectivity index (χ0n) is 49.8. The van der Waals surface area contributed by atoms with Crippen LogP contribution in [0.2, 0.25) is 0 Å². The van der Waals surface area contributed by atoms with Crippen LogP contribution in [-0.4, -0.2) is 0 Å². The van der Waals surface area contributed by atoms with Crippen LogP contribution >= 0.6 is 35.3 Å². The summed E-state index contributed by atoms with van der Waals surface area (Å²) < 4.78 is 0. The molecular formula is C78H68N4S3. The van der Waals surface area contributed by atoms with E-state index < -0.39 is 0 Å². The Morgan fingerprint density at radius 1 is 0.318 bits per heavy atom. The average Bonchev–Trinajstić information content (AvgIpc) is 0.748. The maximum absolute atomic E-state index is 2.68. The maximum Gasteiger partial charge on any atom is 0.0749 e. The van der Waals surface area contributed by atoms with Crippen LogP contribution in [0.25, 0.3) is 32.3 Å². The summed E-state index contributed by atoms with van der Waals surface area (Å²) in [5.74, 6) is 0. The van der Waals surface area contributed by atoms with Gasteiger partial charge in [-0.15, -0.1) is 0 Å². The van der Waals surface area contributed by atoms with E-state index in [4.69, 9.17) is 0 Å². The summed E-state index contributed by atoms with van der Waals surface area (Å²) in [6, 6.07) is 80.0. The van der Waals surface area contributed by atoms with E-state index in [1.165, 1.54) is 113 Å². The van der Waals surface area contributed by atoms with Crippen molar-refractivity contribution in [1.82, 2.24) is 0 Å². The summed E-state index contributed by atoms with van der Waals surface area (Å²) in [6.45, 7) is 20.7. The van der Waals surface area contributed by atoms with E-state index in [2.05, 4.69) is 306 Å². The lowest BCUT2D eigenvalue weighted by atomic mass is 9.81. The summed E-state index contributed by atoms with van der Waals surface area (Å²) in [6.07, 6.45) is 6.77. The fourth-order valence-electron chi connectivity index (χ4n) is 13.0. The van der Waals surface area contributed by atoms with Gasteiger partial charge < -0.3 is 19.6 Å². The van der Waals surface area contributed by atoms with E-state index in [0.717, 1.165) is 47.0 Å². The normalized spacial score (nSPS) is 14.3. The van der Waals surface area contributed by atoms with Crippen molar-refractivity contribution < 1.29 is 0 Å². The highest BCUT2D eigenvalue weighted by molar-refractivity contribution is 8.02. The van der Waals surface area contributed by atoms with Gasteiger partial charge in [0.1, 0.15) is 0 Å². The van der Waals surface area contributed by atoms with Gasteiger partial charge in [0.05, 0.1) is 17.1 Å². The predicted molar refractivity (Wildman–Crippen MR) is 366 cm³/mol. The summed E-state index contributed by atoms with van der Waals surface area (Å²) in [5.41, 5.74) is 18.7. The first-order valence-corrected chi connectivity index (χ1v) is 32.3. The summed E-state index contributed by atoms with van der Waals surface area (Å²) >= 11 is 5.85. The van der Waals surface area contributed by atoms with Crippen molar-refractivity contribution in [3.63, 3.8) is 0 Å². The van der Waals surface area contributed by atoms with Crippen LogP contribution < -0.4 is 19.6 Å². The number of nitrogens with zero attached hydrogens (tertiary/aromatic N) is 4. The lowest BCUT2D eigenvalue weighted by molar-refractivity contribution is 0.479. The van der Waals surface area contributed by atoms with Gasteiger partial charge in [-0.3, -0.25) is 0 Å². The monoisotopic (exact) mass is 1160 g/mol. The molecule has 11 aromatic carbocycles. The minimum atomic E-state index is 0.0497. The van der Waals surface area contributed by atoms with Gasteiger partial charge in [0.2, 0.25) is 0 Å². The van der Waals surface area contributed by atoms with Crippen molar-refractivity contribution in [2.75, 3.05) is 19.6 Å². The molecule has 0 aromatic heterocycles. The molecule has 3 heterocycles. The largest absolute Gasteiger partial charge is 0.314 e. The second-order valence-electron chi connectivity index (χ2n) is 26.2. The number of hydrogen-bond acceptors (Lipinski definition) is 7. The fourth-order valence-corrected chi connectivity index (χ4v) is 17.1. The molecule has 0 saturated heterocycles. The Hall–Kier alpha value is -8.07. The summed E-state index contributed by atoms with van der Waals surface area (Å²) in [4.78, 5) is 17.7. The minimum absolute atomic E-state index is 0.0497. The number of rotatable bonds is 9. The van der Waals surface area contributed by atoms with E-state index >= 15 is 0 Å². The van der Waals surface area contributed by atoms with Crippen molar-refractivity contribution in [3.05, 3.63) is 247 Å². The van der Waals surface area contributed by atoms with Crippen molar-refractivity contribution in [1.29, 1.82) is 0 Å². The Kier molecular flexibility index (Phi) is 12.8. The molecule has 0 amide bonds. The van der Waals surface area contributed by atoms with Gasteiger partial charge in [-0.1, -0.05) is 206 Å². The van der Waals surface area contributed by atoms with Gasteiger partial charge in [-0.2, -0.15) is 0 Å². The van der Waals surface area contributed by atoms with E-state index in [-0.39, 0.29) is 16.2 Å². The predicted octanol–water partition coefficient (Wildman–Crippen LogP) is 24.3. The zero-order valence-corrected chi connectivity index (χ0v) is 52.2. The first kappa shape index (κ1) is 53.6. The zero-order chi connectivity index (χ0) is 58.1. The Morgan fingerprint density at radius 3 is 0.976 bits per heavy atom. The standard InChI is InChI=1S/C78H68N4S3/c1-76(2,3)52-25-31-58(32-26-52)79(55-19-13-10-14-20-55)61-37-40-64-49(43-61)46-67-70-73(64)84-68-47-50-44-63(81(57-23-17-12-18-24-57)60-35-29-54(30-36-60)78(7,8)9)39-42-66(50)75-71(68)82(70)72-69(85-75)48-51-45-62(38-41-65(51)74(72)83-67)80(56-21-15-11-16-22-56)59-33-27-53(28-34-59)77(4,5)6/h10-29,31-35,37-48H,30,36H2,1-9H3. The average molecular weight is 1160 g/mol. The molecule has 0 saturated carbocycles. The highest BCUT2D eigenvalue weighted by atomic mass is 32.2. The molecule has 0 spiro atoms. The minimum Gasteiger partial charge on any atom is -0.314 e. The van der Waals surface area contributed by atoms with Crippen LogP contribution in [0.3, 0.4) is 0 Å². The molecule has 0 atom stereocenters. The lowest BCUT2D eigenvalue weighted by Crippen LogP contribution is -2.23. The SMILES string of the molecule is CC(C)(C)C1=CC=C(N(c2ccccc2)c2ccc3c4c5c(cc3c2)Sc2c3c(cc6cc(N(c7ccccc7)c7ccc(C(C)(C)C)cc7)ccc26)Sc2c(c(cc6cc(N(c7ccccc7)c7ccc(C(C)(C)C)cc7)ccc26)S4)N53)CC1. The molecule has 0 bridgehead atoms.